The molecule has 18 heavy (non-hydrogen) atoms. The van der Waals surface area contributed by atoms with Gasteiger partial charge < -0.3 is 9.84 Å². The summed E-state index contributed by atoms with van der Waals surface area (Å²) in [6.07, 6.45) is -1.48. The van der Waals surface area contributed by atoms with E-state index in [1.54, 1.807) is 18.6 Å². The summed E-state index contributed by atoms with van der Waals surface area (Å²) in [4.78, 5) is 11.1. The number of ether oxygens (including phenoxy) is 1. The van der Waals surface area contributed by atoms with E-state index >= 15 is 0 Å². The molecule has 3 N–H and O–H groups in total. The molecule has 0 bridgehead atoms. The van der Waals surface area contributed by atoms with Gasteiger partial charge in [0.15, 0.2) is 0 Å². The highest BCUT2D eigenvalue weighted by atomic mass is 32.2. The summed E-state index contributed by atoms with van der Waals surface area (Å²) in [7, 11) is -4.05. The first-order valence-corrected chi connectivity index (χ1v) is 6.57. The fraction of sp³-hybridized carbons (Fsp3) is 0.300. The Bertz CT molecular complexity index is 510. The van der Waals surface area contributed by atoms with Crippen molar-refractivity contribution in [2.75, 3.05) is 4.72 Å². The molecule has 0 atom stereocenters. The molecule has 0 aromatic heterocycles. The Hall–Kier alpha value is -1.96. The fourth-order valence-corrected chi connectivity index (χ4v) is 1.82. The lowest BCUT2D eigenvalue weighted by Crippen LogP contribution is -2.36. The van der Waals surface area contributed by atoms with Gasteiger partial charge in [-0.25, -0.2) is 9.52 Å². The van der Waals surface area contributed by atoms with Crippen LogP contribution in [0.1, 0.15) is 13.8 Å². The highest BCUT2D eigenvalue weighted by Crippen LogP contribution is 2.14. The van der Waals surface area contributed by atoms with Crippen molar-refractivity contribution in [1.82, 2.24) is 4.72 Å². The van der Waals surface area contributed by atoms with Gasteiger partial charge in [0.1, 0.15) is 5.75 Å². The summed E-state index contributed by atoms with van der Waals surface area (Å²) in [5.74, 6) is 0.00475. The van der Waals surface area contributed by atoms with Crippen molar-refractivity contribution in [2.45, 2.75) is 20.0 Å². The van der Waals surface area contributed by atoms with Crippen LogP contribution in [0.15, 0.2) is 24.3 Å². The van der Waals surface area contributed by atoms with Crippen molar-refractivity contribution in [3.05, 3.63) is 24.3 Å². The van der Waals surface area contributed by atoms with Gasteiger partial charge >= 0.3 is 16.3 Å². The molecule has 1 aromatic rings. The van der Waals surface area contributed by atoms with E-state index in [0.29, 0.717) is 0 Å². The van der Waals surface area contributed by atoms with E-state index < -0.39 is 22.4 Å². The molecular weight excluding hydrogens is 260 g/mol. The lowest BCUT2D eigenvalue weighted by atomic mass is 10.3. The predicted molar refractivity (Wildman–Crippen MR) is 65.4 cm³/mol. The Kier molecular flexibility index (Phi) is 4.38. The topological polar surface area (TPSA) is 105 Å². The molecular formula is C10H14N2O5S. The molecule has 1 aromatic carbocycles. The standard InChI is InChI=1S/C10H14N2O5S/c1-7(2)17-10(14)12-18(15,16)11-8-3-5-9(13)6-4-8/h3-7,11,13H,1-2H3,(H,12,14). The molecule has 0 aliphatic carbocycles. The smallest absolute Gasteiger partial charge is 0.422 e. The van der Waals surface area contributed by atoms with Crippen LogP contribution in [0.3, 0.4) is 0 Å². The highest BCUT2D eigenvalue weighted by Gasteiger charge is 2.16. The van der Waals surface area contributed by atoms with Gasteiger partial charge in [0, 0.05) is 0 Å². The van der Waals surface area contributed by atoms with E-state index in [1.165, 1.54) is 24.3 Å². The minimum Gasteiger partial charge on any atom is -0.508 e. The van der Waals surface area contributed by atoms with Crippen molar-refractivity contribution in [1.29, 1.82) is 0 Å². The van der Waals surface area contributed by atoms with Crippen molar-refractivity contribution >= 4 is 22.0 Å². The SMILES string of the molecule is CC(C)OC(=O)NS(=O)(=O)Nc1ccc(O)cc1. The number of nitrogens with one attached hydrogen (secondary N) is 2. The summed E-state index contributed by atoms with van der Waals surface area (Å²) in [5.41, 5.74) is 0.206. The molecule has 1 amide bonds. The summed E-state index contributed by atoms with van der Waals surface area (Å²) >= 11 is 0. The monoisotopic (exact) mass is 274 g/mol. The molecule has 0 radical (unpaired) electrons. The van der Waals surface area contributed by atoms with Crippen LogP contribution in [0.5, 0.6) is 5.75 Å². The van der Waals surface area contributed by atoms with Crippen molar-refractivity contribution in [2.24, 2.45) is 0 Å². The number of phenols is 1. The van der Waals surface area contributed by atoms with Crippen LogP contribution in [0.2, 0.25) is 0 Å². The van der Waals surface area contributed by atoms with E-state index in [4.69, 9.17) is 5.11 Å². The molecule has 0 fully saturated rings. The van der Waals surface area contributed by atoms with Gasteiger partial charge in [0.25, 0.3) is 0 Å². The third-order valence-electron chi connectivity index (χ3n) is 1.68. The number of aromatic hydroxyl groups is 1. The number of phenolic OH excluding ortho intramolecular Hbond substituents is 1. The van der Waals surface area contributed by atoms with E-state index in [2.05, 4.69) is 9.46 Å². The fourth-order valence-electron chi connectivity index (χ4n) is 1.06. The Morgan fingerprint density at radius 1 is 1.28 bits per heavy atom. The number of carbonyl (C=O) groups excluding carboxylic acids is 1. The van der Waals surface area contributed by atoms with Crippen molar-refractivity contribution in [3.63, 3.8) is 0 Å². The first kappa shape index (κ1) is 14.1. The van der Waals surface area contributed by atoms with Crippen LogP contribution >= 0.6 is 0 Å². The number of carbonyl (C=O) groups is 1. The second-order valence-electron chi connectivity index (χ2n) is 3.71. The number of amides is 1. The molecule has 0 saturated heterocycles. The molecule has 8 heteroatoms. The Morgan fingerprint density at radius 2 is 1.83 bits per heavy atom. The number of hydrogen-bond acceptors (Lipinski definition) is 5. The molecule has 100 valence electrons. The Balaban J connectivity index is 2.65. The van der Waals surface area contributed by atoms with Crippen LogP contribution in [-0.4, -0.2) is 25.7 Å². The molecule has 0 aliphatic heterocycles. The molecule has 0 spiro atoms. The van der Waals surface area contributed by atoms with Gasteiger partial charge in [-0.15, -0.1) is 0 Å². The quantitative estimate of drug-likeness (QED) is 0.715. The lowest BCUT2D eigenvalue weighted by molar-refractivity contribution is 0.121. The highest BCUT2D eigenvalue weighted by molar-refractivity contribution is 7.91. The first-order chi connectivity index (χ1) is 8.28. The molecule has 0 aliphatic rings. The molecule has 7 nitrogen and oxygen atoms in total. The second-order valence-corrected chi connectivity index (χ2v) is 5.12. The van der Waals surface area contributed by atoms with Gasteiger partial charge in [-0.2, -0.15) is 8.42 Å². The molecule has 0 saturated carbocycles. The van der Waals surface area contributed by atoms with Crippen LogP contribution in [0.4, 0.5) is 10.5 Å². The molecule has 0 heterocycles. The third-order valence-corrected chi connectivity index (χ3v) is 2.62. The maximum atomic E-state index is 11.5. The van der Waals surface area contributed by atoms with Gasteiger partial charge in [-0.05, 0) is 38.1 Å². The van der Waals surface area contributed by atoms with Gasteiger partial charge in [0.05, 0.1) is 11.8 Å². The minimum atomic E-state index is -4.05. The van der Waals surface area contributed by atoms with Crippen LogP contribution in [-0.2, 0) is 14.9 Å². The zero-order chi connectivity index (χ0) is 13.8. The van der Waals surface area contributed by atoms with E-state index in [9.17, 15) is 13.2 Å². The van der Waals surface area contributed by atoms with E-state index in [0.717, 1.165) is 0 Å². The van der Waals surface area contributed by atoms with Crippen molar-refractivity contribution < 1.29 is 23.1 Å². The van der Waals surface area contributed by atoms with E-state index in [-0.39, 0.29) is 11.4 Å². The Labute approximate surface area is 105 Å². The normalized spacial score (nSPS) is 11.1. The second kappa shape index (κ2) is 5.58. The van der Waals surface area contributed by atoms with Crippen LogP contribution in [0.25, 0.3) is 0 Å². The van der Waals surface area contributed by atoms with Gasteiger partial charge in [-0.1, -0.05) is 0 Å². The zero-order valence-electron chi connectivity index (χ0n) is 9.88. The average molecular weight is 274 g/mol. The largest absolute Gasteiger partial charge is 0.508 e. The van der Waals surface area contributed by atoms with Crippen molar-refractivity contribution in [3.8, 4) is 5.75 Å². The number of rotatable bonds is 4. The number of benzene rings is 1. The van der Waals surface area contributed by atoms with Gasteiger partial charge in [-0.3, -0.25) is 4.72 Å². The van der Waals surface area contributed by atoms with Crippen LogP contribution < -0.4 is 9.44 Å². The summed E-state index contributed by atoms with van der Waals surface area (Å²) < 4.78 is 31.4. The molecule has 1 rings (SSSR count). The van der Waals surface area contributed by atoms with Crippen LogP contribution in [0, 0.1) is 0 Å². The maximum Gasteiger partial charge on any atom is 0.422 e. The minimum absolute atomic E-state index is 0.00475. The zero-order valence-corrected chi connectivity index (χ0v) is 10.7. The number of hydrogen-bond donors (Lipinski definition) is 3. The lowest BCUT2D eigenvalue weighted by Gasteiger charge is -2.11. The first-order valence-electron chi connectivity index (χ1n) is 5.09. The van der Waals surface area contributed by atoms with E-state index in [1.807, 2.05) is 0 Å². The molecule has 0 unspecified atom stereocenters. The number of anilines is 1. The summed E-state index contributed by atoms with van der Waals surface area (Å²) in [5, 5.41) is 9.03. The third kappa shape index (κ3) is 4.91. The summed E-state index contributed by atoms with van der Waals surface area (Å²) in [6.45, 7) is 3.19. The average Bonchev–Trinajstić information content (AvgIpc) is 2.18. The predicted octanol–water partition coefficient (Wildman–Crippen LogP) is 1.18. The van der Waals surface area contributed by atoms with Gasteiger partial charge in [0.2, 0.25) is 0 Å². The summed E-state index contributed by atoms with van der Waals surface area (Å²) in [6, 6.07) is 5.32. The maximum absolute atomic E-state index is 11.5. The Morgan fingerprint density at radius 3 is 2.33 bits per heavy atom.